The normalized spacial score (nSPS) is 17.4. The fourth-order valence-corrected chi connectivity index (χ4v) is 5.07. The Morgan fingerprint density at radius 2 is 1.97 bits per heavy atom. The third-order valence-corrected chi connectivity index (χ3v) is 7.14. The third-order valence-electron chi connectivity index (χ3n) is 7.14. The Balaban J connectivity index is 1.50. The molecule has 0 bridgehead atoms. The van der Waals surface area contributed by atoms with Crippen LogP contribution in [0.3, 0.4) is 0 Å². The standard InChI is InChI=1S/C29H31N7O3/c1-18(2)35-15-21(20-10-7-11-30-27(20)35)22-12-24(34(3)14-19-8-5-4-6-9-19)28-31-13-25(36(28)33-22)29(38)32-23-16-39-17-26(23)37/h4-13,15,18,23,26,37H,14,16-17H2,1-3H3,(H,32,38)/t23-,26+/m1/s1. The van der Waals surface area contributed by atoms with Gasteiger partial charge in [0, 0.05) is 43.0 Å². The number of rotatable bonds is 7. The lowest BCUT2D eigenvalue weighted by Gasteiger charge is -2.21. The number of aliphatic hydroxyl groups is 1. The summed E-state index contributed by atoms with van der Waals surface area (Å²) in [7, 11) is 2.01. The van der Waals surface area contributed by atoms with Gasteiger partial charge in [-0.05, 0) is 37.6 Å². The average Bonchev–Trinajstić information content (AvgIpc) is 3.65. The summed E-state index contributed by atoms with van der Waals surface area (Å²) in [6.07, 6.45) is 4.64. The fourth-order valence-electron chi connectivity index (χ4n) is 5.07. The summed E-state index contributed by atoms with van der Waals surface area (Å²) in [5.41, 5.74) is 5.33. The van der Waals surface area contributed by atoms with Gasteiger partial charge in [-0.1, -0.05) is 30.3 Å². The minimum atomic E-state index is -0.751. The predicted molar refractivity (Wildman–Crippen MR) is 149 cm³/mol. The van der Waals surface area contributed by atoms with E-state index in [4.69, 9.17) is 9.84 Å². The lowest BCUT2D eigenvalue weighted by molar-refractivity contribution is 0.0879. The number of carbonyl (C=O) groups excluding carboxylic acids is 1. The maximum absolute atomic E-state index is 13.3. The first-order chi connectivity index (χ1) is 18.9. The minimum Gasteiger partial charge on any atom is -0.388 e. The molecule has 2 atom stereocenters. The number of carbonyl (C=O) groups is 1. The zero-order chi connectivity index (χ0) is 27.1. The molecule has 1 aromatic carbocycles. The first-order valence-corrected chi connectivity index (χ1v) is 13.1. The van der Waals surface area contributed by atoms with E-state index in [0.717, 1.165) is 27.8 Å². The number of hydrogen-bond acceptors (Lipinski definition) is 7. The van der Waals surface area contributed by atoms with E-state index in [2.05, 4.69) is 56.9 Å². The van der Waals surface area contributed by atoms with Crippen LogP contribution in [0.1, 0.15) is 35.9 Å². The zero-order valence-corrected chi connectivity index (χ0v) is 22.2. The summed E-state index contributed by atoms with van der Waals surface area (Å²) in [5, 5.41) is 18.9. The van der Waals surface area contributed by atoms with Crippen molar-refractivity contribution in [2.45, 2.75) is 38.6 Å². The second-order valence-electron chi connectivity index (χ2n) is 10.2. The Hall–Kier alpha value is -4.28. The number of aliphatic hydroxyl groups excluding tert-OH is 1. The van der Waals surface area contributed by atoms with E-state index in [1.54, 1.807) is 10.7 Å². The maximum Gasteiger partial charge on any atom is 0.272 e. The molecule has 1 saturated heterocycles. The van der Waals surface area contributed by atoms with Gasteiger partial charge in [-0.25, -0.2) is 14.5 Å². The van der Waals surface area contributed by atoms with Crippen LogP contribution in [-0.2, 0) is 11.3 Å². The topological polar surface area (TPSA) is 110 Å². The zero-order valence-electron chi connectivity index (χ0n) is 22.2. The molecule has 200 valence electrons. The highest BCUT2D eigenvalue weighted by molar-refractivity contribution is 5.96. The molecule has 2 N–H and O–H groups in total. The fraction of sp³-hybridized carbons (Fsp3) is 0.310. The van der Waals surface area contributed by atoms with Gasteiger partial charge in [0.15, 0.2) is 11.3 Å². The quantitative estimate of drug-likeness (QED) is 0.335. The minimum absolute atomic E-state index is 0.197. The van der Waals surface area contributed by atoms with Crippen LogP contribution >= 0.6 is 0 Å². The summed E-state index contributed by atoms with van der Waals surface area (Å²) in [6.45, 7) is 5.34. The van der Waals surface area contributed by atoms with Gasteiger partial charge in [-0.2, -0.15) is 5.10 Å². The van der Waals surface area contributed by atoms with E-state index < -0.39 is 12.1 Å². The molecule has 0 saturated carbocycles. The van der Waals surface area contributed by atoms with Gasteiger partial charge in [-0.3, -0.25) is 4.79 Å². The Morgan fingerprint density at radius 1 is 1.15 bits per heavy atom. The van der Waals surface area contributed by atoms with E-state index in [1.807, 2.05) is 43.4 Å². The number of amides is 1. The van der Waals surface area contributed by atoms with E-state index in [-0.39, 0.29) is 30.9 Å². The van der Waals surface area contributed by atoms with Crippen molar-refractivity contribution < 1.29 is 14.6 Å². The summed E-state index contributed by atoms with van der Waals surface area (Å²) in [6, 6.07) is 15.9. The van der Waals surface area contributed by atoms with Crippen LogP contribution in [0.15, 0.2) is 67.1 Å². The molecule has 6 rings (SSSR count). The molecule has 0 aliphatic carbocycles. The number of aromatic nitrogens is 5. The largest absolute Gasteiger partial charge is 0.388 e. The van der Waals surface area contributed by atoms with Crippen molar-refractivity contribution in [2.24, 2.45) is 0 Å². The van der Waals surface area contributed by atoms with Gasteiger partial charge in [0.1, 0.15) is 5.65 Å². The SMILES string of the molecule is CC(C)n1cc(-c2cc(N(C)Cc3ccccc3)c3ncc(C(=O)N[C@@H]4COC[C@@H]4O)n3n2)c2cccnc21. The van der Waals surface area contributed by atoms with Gasteiger partial charge in [0.05, 0.1) is 42.9 Å². The number of nitrogens with zero attached hydrogens (tertiary/aromatic N) is 6. The number of hydrogen-bond donors (Lipinski definition) is 2. The monoisotopic (exact) mass is 525 g/mol. The van der Waals surface area contributed by atoms with E-state index >= 15 is 0 Å². The van der Waals surface area contributed by atoms with Crippen molar-refractivity contribution >= 4 is 28.3 Å². The number of nitrogens with one attached hydrogen (secondary N) is 1. The van der Waals surface area contributed by atoms with Crippen LogP contribution in [0, 0.1) is 0 Å². The molecule has 0 unspecified atom stereocenters. The van der Waals surface area contributed by atoms with E-state index in [1.165, 1.54) is 6.20 Å². The van der Waals surface area contributed by atoms with Gasteiger partial charge in [0.2, 0.25) is 0 Å². The van der Waals surface area contributed by atoms with E-state index in [9.17, 15) is 9.90 Å². The third kappa shape index (κ3) is 4.62. The van der Waals surface area contributed by atoms with Crippen LogP contribution in [0.2, 0.25) is 0 Å². The molecule has 10 nitrogen and oxygen atoms in total. The number of benzene rings is 1. The Bertz CT molecular complexity index is 1640. The number of fused-ring (bicyclic) bond motifs is 2. The van der Waals surface area contributed by atoms with Gasteiger partial charge >= 0.3 is 0 Å². The average molecular weight is 526 g/mol. The molecular weight excluding hydrogens is 494 g/mol. The van der Waals surface area contributed by atoms with Gasteiger partial charge in [0.25, 0.3) is 5.91 Å². The Kier molecular flexibility index (Phi) is 6.49. The molecule has 5 aromatic rings. The molecule has 1 aliphatic rings. The van der Waals surface area contributed by atoms with Crippen molar-refractivity contribution in [2.75, 3.05) is 25.2 Å². The molecule has 0 radical (unpaired) electrons. The predicted octanol–water partition coefficient (Wildman–Crippen LogP) is 3.45. The van der Waals surface area contributed by atoms with Crippen molar-refractivity contribution in [3.63, 3.8) is 0 Å². The number of anilines is 1. The van der Waals surface area contributed by atoms with Crippen molar-refractivity contribution in [1.82, 2.24) is 29.5 Å². The van der Waals surface area contributed by atoms with Crippen LogP contribution in [0.25, 0.3) is 27.9 Å². The second-order valence-corrected chi connectivity index (χ2v) is 10.2. The molecule has 1 fully saturated rings. The first kappa shape index (κ1) is 25.0. The number of pyridine rings is 1. The highest BCUT2D eigenvalue weighted by Crippen LogP contribution is 2.34. The van der Waals surface area contributed by atoms with Crippen molar-refractivity contribution in [3.8, 4) is 11.3 Å². The molecule has 39 heavy (non-hydrogen) atoms. The molecule has 1 amide bonds. The van der Waals surface area contributed by atoms with Crippen LogP contribution in [0.4, 0.5) is 5.69 Å². The lowest BCUT2D eigenvalue weighted by Crippen LogP contribution is -2.43. The summed E-state index contributed by atoms with van der Waals surface area (Å²) in [5.74, 6) is -0.371. The second kappa shape index (κ2) is 10.1. The van der Waals surface area contributed by atoms with Crippen molar-refractivity contribution in [3.05, 3.63) is 78.4 Å². The first-order valence-electron chi connectivity index (χ1n) is 13.1. The van der Waals surface area contributed by atoms with Gasteiger partial charge in [-0.15, -0.1) is 0 Å². The van der Waals surface area contributed by atoms with Crippen molar-refractivity contribution in [1.29, 1.82) is 0 Å². The number of imidazole rings is 1. The highest BCUT2D eigenvalue weighted by Gasteiger charge is 2.29. The molecule has 5 heterocycles. The summed E-state index contributed by atoms with van der Waals surface area (Å²) in [4.78, 5) is 24.7. The van der Waals surface area contributed by atoms with Gasteiger partial charge < -0.3 is 24.6 Å². The Labute approximate surface area is 225 Å². The summed E-state index contributed by atoms with van der Waals surface area (Å²) < 4.78 is 9.03. The molecule has 1 aliphatic heterocycles. The van der Waals surface area contributed by atoms with E-state index in [0.29, 0.717) is 17.9 Å². The molecule has 0 spiro atoms. The smallest absolute Gasteiger partial charge is 0.272 e. The lowest BCUT2D eigenvalue weighted by atomic mass is 10.1. The summed E-state index contributed by atoms with van der Waals surface area (Å²) >= 11 is 0. The molecule has 4 aromatic heterocycles. The van der Waals surface area contributed by atoms with Crippen LogP contribution < -0.4 is 10.2 Å². The highest BCUT2D eigenvalue weighted by atomic mass is 16.5. The van der Waals surface area contributed by atoms with Crippen LogP contribution in [0.5, 0.6) is 0 Å². The maximum atomic E-state index is 13.3. The Morgan fingerprint density at radius 3 is 2.72 bits per heavy atom. The molecular formula is C29H31N7O3. The molecule has 10 heteroatoms. The number of ether oxygens (including phenoxy) is 1. The van der Waals surface area contributed by atoms with Crippen LogP contribution in [-0.4, -0.2) is 67.6 Å².